The first-order chi connectivity index (χ1) is 14.8. The molecule has 2 aromatic carbocycles. The minimum Gasteiger partial charge on any atom is -0.370 e. The van der Waals surface area contributed by atoms with Gasteiger partial charge in [-0.05, 0) is 35.7 Å². The lowest BCUT2D eigenvalue weighted by Gasteiger charge is -2.35. The number of hydrogen-bond donors (Lipinski definition) is 0. The van der Waals surface area contributed by atoms with Crippen LogP contribution in [0.4, 0.5) is 17.6 Å². The average Bonchev–Trinajstić information content (AvgIpc) is 2.75. The zero-order chi connectivity index (χ0) is 22.4. The maximum Gasteiger partial charge on any atom is 0.330 e. The number of hydrogen-bond acceptors (Lipinski definition) is 3. The number of rotatable bonds is 8. The molecular weight excluding hydrogens is 412 g/mol. The molecule has 1 fully saturated rings. The summed E-state index contributed by atoms with van der Waals surface area (Å²) in [6.07, 6.45) is -3.77. The van der Waals surface area contributed by atoms with Gasteiger partial charge in [0, 0.05) is 38.3 Å². The zero-order valence-corrected chi connectivity index (χ0v) is 17.4. The Kier molecular flexibility index (Phi) is 7.67. The number of alkyl halides is 4. The predicted molar refractivity (Wildman–Crippen MR) is 109 cm³/mol. The number of benzene rings is 2. The van der Waals surface area contributed by atoms with Crippen LogP contribution in [0.5, 0.6) is 0 Å². The molecule has 1 saturated heterocycles. The topological polar surface area (TPSA) is 32.8 Å². The maximum atomic E-state index is 13.0. The summed E-state index contributed by atoms with van der Waals surface area (Å²) >= 11 is 0. The molecule has 31 heavy (non-hydrogen) atoms. The molecule has 2 aromatic rings. The van der Waals surface area contributed by atoms with Crippen molar-refractivity contribution in [3.05, 3.63) is 70.8 Å². The van der Waals surface area contributed by atoms with Gasteiger partial charge in [0.25, 0.3) is 5.91 Å². The number of ether oxygens (including phenoxy) is 1. The van der Waals surface area contributed by atoms with Crippen LogP contribution < -0.4 is 0 Å². The fourth-order valence-corrected chi connectivity index (χ4v) is 3.48. The molecule has 0 bridgehead atoms. The second kappa shape index (κ2) is 10.2. The number of carbonyl (C=O) groups is 1. The molecule has 0 radical (unpaired) electrons. The first-order valence-electron chi connectivity index (χ1n) is 10.1. The molecule has 1 amide bonds. The van der Waals surface area contributed by atoms with E-state index < -0.39 is 19.0 Å². The third-order valence-corrected chi connectivity index (χ3v) is 5.37. The van der Waals surface area contributed by atoms with Gasteiger partial charge in [-0.25, -0.2) is 8.78 Å². The van der Waals surface area contributed by atoms with Crippen molar-refractivity contribution in [1.82, 2.24) is 9.80 Å². The van der Waals surface area contributed by atoms with E-state index in [9.17, 15) is 22.4 Å². The van der Waals surface area contributed by atoms with Crippen molar-refractivity contribution in [2.45, 2.75) is 32.4 Å². The molecule has 1 heterocycles. The molecule has 0 N–H and O–H groups in total. The molecule has 0 unspecified atom stereocenters. The molecule has 1 aliphatic heterocycles. The first-order valence-corrected chi connectivity index (χ1v) is 10.1. The summed E-state index contributed by atoms with van der Waals surface area (Å²) in [7, 11) is 0. The van der Waals surface area contributed by atoms with E-state index in [-0.39, 0.29) is 12.5 Å². The molecule has 3 rings (SSSR count). The Labute approximate surface area is 179 Å². The van der Waals surface area contributed by atoms with Crippen molar-refractivity contribution < 1.29 is 27.1 Å². The quantitative estimate of drug-likeness (QED) is 0.574. The number of halogens is 4. The first kappa shape index (κ1) is 23.2. The van der Waals surface area contributed by atoms with E-state index in [1.165, 1.54) is 11.1 Å². The van der Waals surface area contributed by atoms with E-state index in [0.29, 0.717) is 24.2 Å². The summed E-state index contributed by atoms with van der Waals surface area (Å²) in [6.45, 7) is 3.97. The molecule has 0 saturated carbocycles. The summed E-state index contributed by atoms with van der Waals surface area (Å²) in [4.78, 5) is 16.9. The molecule has 168 valence electrons. The van der Waals surface area contributed by atoms with E-state index >= 15 is 0 Å². The minimum absolute atomic E-state index is 0.143. The zero-order valence-electron chi connectivity index (χ0n) is 17.4. The van der Waals surface area contributed by atoms with Crippen LogP contribution >= 0.6 is 0 Å². The fourth-order valence-electron chi connectivity index (χ4n) is 3.48. The Bertz CT molecular complexity index is 883. The number of piperazine rings is 1. The average molecular weight is 438 g/mol. The molecule has 0 atom stereocenters. The SMILES string of the molecule is Cc1ccccc1CN1CCN(C(=O)c2cccc(COCC(F)(F)C(F)F)c2)CC1. The van der Waals surface area contributed by atoms with Gasteiger partial charge in [-0.2, -0.15) is 8.78 Å². The Morgan fingerprint density at radius 2 is 1.77 bits per heavy atom. The summed E-state index contributed by atoms with van der Waals surface area (Å²) < 4.78 is 55.0. The van der Waals surface area contributed by atoms with Crippen molar-refractivity contribution in [2.24, 2.45) is 0 Å². The molecular formula is C23H26F4N2O2. The molecule has 8 heteroatoms. The van der Waals surface area contributed by atoms with E-state index in [0.717, 1.165) is 19.6 Å². The minimum atomic E-state index is -4.19. The van der Waals surface area contributed by atoms with Gasteiger partial charge in [-0.15, -0.1) is 0 Å². The maximum absolute atomic E-state index is 13.0. The van der Waals surface area contributed by atoms with E-state index in [4.69, 9.17) is 4.74 Å². The van der Waals surface area contributed by atoms with Crippen molar-refractivity contribution in [3.8, 4) is 0 Å². The highest BCUT2D eigenvalue weighted by atomic mass is 19.3. The lowest BCUT2D eigenvalue weighted by molar-refractivity contribution is -0.168. The van der Waals surface area contributed by atoms with Gasteiger partial charge >= 0.3 is 12.3 Å². The molecule has 0 spiro atoms. The Morgan fingerprint density at radius 3 is 2.45 bits per heavy atom. The normalized spacial score (nSPS) is 15.5. The van der Waals surface area contributed by atoms with E-state index in [1.54, 1.807) is 29.2 Å². The monoisotopic (exact) mass is 438 g/mol. The van der Waals surface area contributed by atoms with Crippen LogP contribution in [-0.4, -0.2) is 60.8 Å². The lowest BCUT2D eigenvalue weighted by atomic mass is 10.1. The van der Waals surface area contributed by atoms with Crippen LogP contribution in [0.25, 0.3) is 0 Å². The predicted octanol–water partition coefficient (Wildman–Crippen LogP) is 4.37. The van der Waals surface area contributed by atoms with Crippen molar-refractivity contribution in [1.29, 1.82) is 0 Å². The highest BCUT2D eigenvalue weighted by Gasteiger charge is 2.40. The molecule has 0 aromatic heterocycles. The highest BCUT2D eigenvalue weighted by molar-refractivity contribution is 5.94. The number of amides is 1. The third kappa shape index (κ3) is 6.27. The summed E-state index contributed by atoms with van der Waals surface area (Å²) in [6, 6.07) is 14.7. The second-order valence-electron chi connectivity index (χ2n) is 7.75. The molecule has 4 nitrogen and oxygen atoms in total. The van der Waals surface area contributed by atoms with Gasteiger partial charge in [0.15, 0.2) is 0 Å². The third-order valence-electron chi connectivity index (χ3n) is 5.37. The second-order valence-corrected chi connectivity index (χ2v) is 7.75. The van der Waals surface area contributed by atoms with Crippen LogP contribution in [-0.2, 0) is 17.9 Å². The van der Waals surface area contributed by atoms with Crippen LogP contribution in [0.15, 0.2) is 48.5 Å². The standard InChI is InChI=1S/C23H26F4N2O2/c1-17-5-2-3-7-20(17)14-28-9-11-29(12-10-28)21(30)19-8-4-6-18(13-19)15-31-16-23(26,27)22(24)25/h2-8,13,22H,9-12,14-16H2,1H3. The Balaban J connectivity index is 1.51. The van der Waals surface area contributed by atoms with Gasteiger partial charge in [-0.1, -0.05) is 36.4 Å². The Morgan fingerprint density at radius 1 is 1.06 bits per heavy atom. The highest BCUT2D eigenvalue weighted by Crippen LogP contribution is 2.23. The number of carbonyl (C=O) groups excluding carboxylic acids is 1. The van der Waals surface area contributed by atoms with Crippen LogP contribution in [0.1, 0.15) is 27.0 Å². The molecule has 0 aliphatic carbocycles. The van der Waals surface area contributed by atoms with Gasteiger partial charge in [0.2, 0.25) is 0 Å². The smallest absolute Gasteiger partial charge is 0.330 e. The Hall–Kier alpha value is -2.45. The van der Waals surface area contributed by atoms with Gasteiger partial charge in [0.05, 0.1) is 6.61 Å². The van der Waals surface area contributed by atoms with Crippen LogP contribution in [0.2, 0.25) is 0 Å². The van der Waals surface area contributed by atoms with Crippen LogP contribution in [0.3, 0.4) is 0 Å². The van der Waals surface area contributed by atoms with Crippen LogP contribution in [0, 0.1) is 6.92 Å². The largest absolute Gasteiger partial charge is 0.370 e. The number of nitrogens with zero attached hydrogens (tertiary/aromatic N) is 2. The summed E-state index contributed by atoms with van der Waals surface area (Å²) in [5, 5.41) is 0. The fraction of sp³-hybridized carbons (Fsp3) is 0.435. The summed E-state index contributed by atoms with van der Waals surface area (Å²) in [5.74, 6) is -4.33. The lowest BCUT2D eigenvalue weighted by Crippen LogP contribution is -2.48. The van der Waals surface area contributed by atoms with Gasteiger partial charge in [-0.3, -0.25) is 9.69 Å². The van der Waals surface area contributed by atoms with Crippen molar-refractivity contribution in [2.75, 3.05) is 32.8 Å². The molecule has 1 aliphatic rings. The number of aryl methyl sites for hydroxylation is 1. The van der Waals surface area contributed by atoms with Gasteiger partial charge in [0.1, 0.15) is 6.61 Å². The van der Waals surface area contributed by atoms with Gasteiger partial charge < -0.3 is 9.64 Å². The van der Waals surface area contributed by atoms with E-state index in [2.05, 4.69) is 24.0 Å². The van der Waals surface area contributed by atoms with Crippen molar-refractivity contribution >= 4 is 5.91 Å². The van der Waals surface area contributed by atoms with E-state index in [1.807, 2.05) is 12.1 Å². The van der Waals surface area contributed by atoms with Crippen molar-refractivity contribution in [3.63, 3.8) is 0 Å². The summed E-state index contributed by atoms with van der Waals surface area (Å²) in [5.41, 5.74) is 3.42.